The molecule has 0 radical (unpaired) electrons. The van der Waals surface area contributed by atoms with Gasteiger partial charge in [0.05, 0.1) is 0 Å². The van der Waals surface area contributed by atoms with Gasteiger partial charge in [-0.25, -0.2) is 0 Å². The van der Waals surface area contributed by atoms with Gasteiger partial charge in [-0.05, 0) is 42.5 Å². The van der Waals surface area contributed by atoms with Gasteiger partial charge in [0, 0.05) is 24.3 Å². The molecule has 1 aliphatic rings. The second-order valence-electron chi connectivity index (χ2n) is 5.51. The van der Waals surface area contributed by atoms with Crippen LogP contribution in [0.1, 0.15) is 31.4 Å². The first-order valence-corrected chi connectivity index (χ1v) is 6.07. The Balaban J connectivity index is 2.00. The first-order valence-electron chi connectivity index (χ1n) is 6.07. The van der Waals surface area contributed by atoms with Crippen molar-refractivity contribution in [3.05, 3.63) is 29.3 Å². The van der Waals surface area contributed by atoms with Crippen molar-refractivity contribution < 1.29 is 5.11 Å². The van der Waals surface area contributed by atoms with Crippen LogP contribution in [0.15, 0.2) is 18.2 Å². The molecule has 0 amide bonds. The lowest BCUT2D eigenvalue weighted by Crippen LogP contribution is -2.26. The third-order valence-corrected chi connectivity index (χ3v) is 3.30. The van der Waals surface area contributed by atoms with E-state index in [4.69, 9.17) is 0 Å². The summed E-state index contributed by atoms with van der Waals surface area (Å²) in [6.07, 6.45) is 3.74. The summed E-state index contributed by atoms with van der Waals surface area (Å²) in [4.78, 5) is 0. The molecule has 2 heteroatoms. The highest BCUT2D eigenvalue weighted by atomic mass is 16.3. The minimum Gasteiger partial charge on any atom is -0.396 e. The van der Waals surface area contributed by atoms with Crippen molar-refractivity contribution in [1.29, 1.82) is 0 Å². The van der Waals surface area contributed by atoms with Gasteiger partial charge in [0.15, 0.2) is 0 Å². The minimum atomic E-state index is -0.0565. The Morgan fingerprint density at radius 1 is 1.25 bits per heavy atom. The smallest absolute Gasteiger partial charge is 0.0498 e. The van der Waals surface area contributed by atoms with Crippen molar-refractivity contribution in [3.63, 3.8) is 0 Å². The van der Waals surface area contributed by atoms with Crippen LogP contribution in [0, 0.1) is 5.41 Å². The van der Waals surface area contributed by atoms with Gasteiger partial charge in [-0.15, -0.1) is 0 Å². The molecular formula is C14H21NO. The van der Waals surface area contributed by atoms with Crippen LogP contribution in [0.3, 0.4) is 0 Å². The highest BCUT2D eigenvalue weighted by molar-refractivity contribution is 5.50. The molecule has 0 atom stereocenters. The Labute approximate surface area is 97.7 Å². The minimum absolute atomic E-state index is 0.0565. The van der Waals surface area contributed by atoms with E-state index >= 15 is 0 Å². The van der Waals surface area contributed by atoms with Gasteiger partial charge in [-0.1, -0.05) is 19.9 Å². The normalized spacial score (nSPS) is 14.9. The van der Waals surface area contributed by atoms with Crippen molar-refractivity contribution in [2.24, 2.45) is 5.41 Å². The lowest BCUT2D eigenvalue weighted by molar-refractivity contribution is 0.171. The number of rotatable bonds is 4. The fraction of sp³-hybridized carbons (Fsp3) is 0.571. The van der Waals surface area contributed by atoms with E-state index in [1.54, 1.807) is 0 Å². The van der Waals surface area contributed by atoms with E-state index in [1.807, 2.05) is 0 Å². The first kappa shape index (κ1) is 11.5. The highest BCUT2D eigenvalue weighted by Gasteiger charge is 2.16. The summed E-state index contributed by atoms with van der Waals surface area (Å²) in [7, 11) is 0. The summed E-state index contributed by atoms with van der Waals surface area (Å²) < 4.78 is 0. The Morgan fingerprint density at radius 2 is 2.00 bits per heavy atom. The second-order valence-corrected chi connectivity index (χ2v) is 5.51. The third-order valence-electron chi connectivity index (χ3n) is 3.30. The number of aliphatic hydroxyl groups excluding tert-OH is 1. The van der Waals surface area contributed by atoms with Crippen molar-refractivity contribution in [1.82, 2.24) is 0 Å². The molecule has 88 valence electrons. The van der Waals surface area contributed by atoms with E-state index in [-0.39, 0.29) is 12.0 Å². The van der Waals surface area contributed by atoms with E-state index in [0.717, 1.165) is 6.54 Å². The van der Waals surface area contributed by atoms with E-state index in [1.165, 1.54) is 36.1 Å². The fourth-order valence-corrected chi connectivity index (χ4v) is 2.08. The number of benzene rings is 1. The molecule has 0 aromatic heterocycles. The molecule has 0 bridgehead atoms. The van der Waals surface area contributed by atoms with E-state index in [0.29, 0.717) is 0 Å². The van der Waals surface area contributed by atoms with Crippen LogP contribution in [0.25, 0.3) is 0 Å². The van der Waals surface area contributed by atoms with Gasteiger partial charge in [0.25, 0.3) is 0 Å². The van der Waals surface area contributed by atoms with Gasteiger partial charge in [-0.3, -0.25) is 0 Å². The fourth-order valence-electron chi connectivity index (χ4n) is 2.08. The van der Waals surface area contributed by atoms with Crippen LogP contribution in [0.2, 0.25) is 0 Å². The molecule has 0 aliphatic heterocycles. The van der Waals surface area contributed by atoms with Crippen molar-refractivity contribution >= 4 is 5.69 Å². The quantitative estimate of drug-likeness (QED) is 0.816. The highest BCUT2D eigenvalue weighted by Crippen LogP contribution is 2.25. The van der Waals surface area contributed by atoms with E-state index in [2.05, 4.69) is 37.4 Å². The number of hydrogen-bond acceptors (Lipinski definition) is 2. The Kier molecular flexibility index (Phi) is 3.20. The van der Waals surface area contributed by atoms with Gasteiger partial charge in [0.1, 0.15) is 0 Å². The number of fused-ring (bicyclic) bond motifs is 1. The number of anilines is 1. The predicted molar refractivity (Wildman–Crippen MR) is 67.8 cm³/mol. The first-order chi connectivity index (χ1) is 7.61. The zero-order chi connectivity index (χ0) is 11.6. The monoisotopic (exact) mass is 219 g/mol. The summed E-state index contributed by atoms with van der Waals surface area (Å²) in [6, 6.07) is 6.64. The number of nitrogens with one attached hydrogen (secondary N) is 1. The SMILES string of the molecule is CC(C)(CO)CNc1ccc2c(c1)CCC2. The van der Waals surface area contributed by atoms with Crippen molar-refractivity contribution in [2.75, 3.05) is 18.5 Å². The Morgan fingerprint density at radius 3 is 2.75 bits per heavy atom. The topological polar surface area (TPSA) is 32.3 Å². The molecular weight excluding hydrogens is 198 g/mol. The summed E-state index contributed by atoms with van der Waals surface area (Å²) in [5.74, 6) is 0. The third kappa shape index (κ3) is 2.56. The van der Waals surface area contributed by atoms with E-state index < -0.39 is 0 Å². The maximum atomic E-state index is 9.19. The molecule has 1 aliphatic carbocycles. The van der Waals surface area contributed by atoms with Gasteiger partial charge >= 0.3 is 0 Å². The van der Waals surface area contributed by atoms with Crippen molar-refractivity contribution in [2.45, 2.75) is 33.1 Å². The van der Waals surface area contributed by atoms with E-state index in [9.17, 15) is 5.11 Å². The summed E-state index contributed by atoms with van der Waals surface area (Å²) >= 11 is 0. The maximum Gasteiger partial charge on any atom is 0.0498 e. The molecule has 16 heavy (non-hydrogen) atoms. The lowest BCUT2D eigenvalue weighted by atomic mass is 9.95. The van der Waals surface area contributed by atoms with Crippen LogP contribution in [0.5, 0.6) is 0 Å². The lowest BCUT2D eigenvalue weighted by Gasteiger charge is -2.22. The van der Waals surface area contributed by atoms with Crippen LogP contribution in [0.4, 0.5) is 5.69 Å². The van der Waals surface area contributed by atoms with Crippen LogP contribution in [-0.2, 0) is 12.8 Å². The van der Waals surface area contributed by atoms with Gasteiger partial charge < -0.3 is 10.4 Å². The summed E-state index contributed by atoms with van der Waals surface area (Å²) in [5, 5.41) is 12.6. The zero-order valence-corrected chi connectivity index (χ0v) is 10.2. The molecule has 0 fully saturated rings. The maximum absolute atomic E-state index is 9.19. The Bertz CT molecular complexity index is 371. The molecule has 0 heterocycles. The van der Waals surface area contributed by atoms with Crippen LogP contribution in [-0.4, -0.2) is 18.3 Å². The predicted octanol–water partition coefficient (Wildman–Crippen LogP) is 2.61. The zero-order valence-electron chi connectivity index (χ0n) is 10.2. The van der Waals surface area contributed by atoms with Crippen LogP contribution < -0.4 is 5.32 Å². The molecule has 2 N–H and O–H groups in total. The second kappa shape index (κ2) is 4.46. The van der Waals surface area contributed by atoms with Crippen molar-refractivity contribution in [3.8, 4) is 0 Å². The number of aryl methyl sites for hydroxylation is 2. The van der Waals surface area contributed by atoms with Gasteiger partial charge in [-0.2, -0.15) is 0 Å². The number of hydrogen-bond donors (Lipinski definition) is 2. The van der Waals surface area contributed by atoms with Crippen LogP contribution >= 0.6 is 0 Å². The molecule has 2 nitrogen and oxygen atoms in total. The molecule has 0 saturated heterocycles. The summed E-state index contributed by atoms with van der Waals surface area (Å²) in [5.41, 5.74) is 4.12. The average molecular weight is 219 g/mol. The molecule has 0 unspecified atom stereocenters. The molecule has 0 saturated carbocycles. The molecule has 1 aromatic rings. The van der Waals surface area contributed by atoms with Gasteiger partial charge in [0.2, 0.25) is 0 Å². The Hall–Kier alpha value is -1.02. The largest absolute Gasteiger partial charge is 0.396 e. The molecule has 0 spiro atoms. The standard InChI is InChI=1S/C14H21NO/c1-14(2,10-16)9-15-13-7-6-11-4-3-5-12(11)8-13/h6-8,15-16H,3-5,9-10H2,1-2H3. The molecule has 1 aromatic carbocycles. The number of aliphatic hydroxyl groups is 1. The summed E-state index contributed by atoms with van der Waals surface area (Å²) in [6.45, 7) is 5.15. The molecule has 2 rings (SSSR count). The average Bonchev–Trinajstić information content (AvgIpc) is 2.73.